The number of thioether (sulfide) groups is 1. The number of nitrogens with zero attached hydrogens (tertiary/aromatic N) is 2. The smallest absolute Gasteiger partial charge is 0.277 e. The molecule has 0 aliphatic rings. The lowest BCUT2D eigenvalue weighted by molar-refractivity contribution is 0.101. The number of halogens is 1. The van der Waals surface area contributed by atoms with Crippen LogP contribution in [-0.4, -0.2) is 43.1 Å². The Kier molecular flexibility index (Phi) is 6.15. The van der Waals surface area contributed by atoms with E-state index in [-0.39, 0.29) is 28.2 Å². The Bertz CT molecular complexity index is 992. The summed E-state index contributed by atoms with van der Waals surface area (Å²) in [5.41, 5.74) is 0.810. The van der Waals surface area contributed by atoms with Gasteiger partial charge in [0, 0.05) is 5.56 Å². The van der Waals surface area contributed by atoms with Gasteiger partial charge in [0.25, 0.3) is 5.22 Å². The zero-order valence-electron chi connectivity index (χ0n) is 15.4. The summed E-state index contributed by atoms with van der Waals surface area (Å²) >= 11 is 1.06. The Morgan fingerprint density at radius 3 is 2.43 bits per heavy atom. The molecular weight excluding hydrogens is 387 g/mol. The van der Waals surface area contributed by atoms with Crippen molar-refractivity contribution in [3.8, 4) is 28.7 Å². The monoisotopic (exact) mass is 404 g/mol. The first-order valence-corrected chi connectivity index (χ1v) is 9.09. The molecule has 3 rings (SSSR count). The van der Waals surface area contributed by atoms with Gasteiger partial charge in [-0.2, -0.15) is 0 Å². The molecule has 0 fully saturated rings. The van der Waals surface area contributed by atoms with E-state index in [1.165, 1.54) is 26.4 Å². The highest BCUT2D eigenvalue weighted by Gasteiger charge is 2.17. The van der Waals surface area contributed by atoms with Gasteiger partial charge in [-0.15, -0.1) is 10.2 Å². The van der Waals surface area contributed by atoms with Crippen LogP contribution in [-0.2, 0) is 0 Å². The first kappa shape index (κ1) is 19.7. The molecule has 0 saturated heterocycles. The minimum atomic E-state index is -0.511. The summed E-state index contributed by atoms with van der Waals surface area (Å²) in [6.45, 7) is 0. The van der Waals surface area contributed by atoms with Crippen LogP contribution in [0.4, 0.5) is 4.39 Å². The van der Waals surface area contributed by atoms with Crippen LogP contribution in [0, 0.1) is 5.82 Å². The summed E-state index contributed by atoms with van der Waals surface area (Å²) in [5.74, 6) is 0.862. The van der Waals surface area contributed by atoms with Crippen molar-refractivity contribution < 1.29 is 27.8 Å². The number of hydrogen-bond acceptors (Lipinski definition) is 8. The second-order valence-corrected chi connectivity index (χ2v) is 6.43. The topological polar surface area (TPSA) is 83.7 Å². The SMILES string of the molecule is COc1ccc(-c2nnc(SCC(=O)c3cc(F)ccc3OC)o2)cc1OC. The molecule has 0 bridgehead atoms. The first-order chi connectivity index (χ1) is 13.5. The van der Waals surface area contributed by atoms with E-state index in [4.69, 9.17) is 18.6 Å². The molecule has 28 heavy (non-hydrogen) atoms. The lowest BCUT2D eigenvalue weighted by atomic mass is 10.1. The Morgan fingerprint density at radius 1 is 1.00 bits per heavy atom. The standard InChI is InChI=1S/C19H17FN2O5S/c1-24-15-7-5-12(20)9-13(15)14(23)10-28-19-22-21-18(27-19)11-4-6-16(25-2)17(8-11)26-3/h4-9H,10H2,1-3H3. The maximum absolute atomic E-state index is 13.4. The molecular formula is C19H17FN2O5S. The van der Waals surface area contributed by atoms with Crippen molar-refractivity contribution in [1.82, 2.24) is 10.2 Å². The zero-order chi connectivity index (χ0) is 20.1. The van der Waals surface area contributed by atoms with Crippen LogP contribution in [0.15, 0.2) is 46.0 Å². The van der Waals surface area contributed by atoms with Crippen LogP contribution >= 0.6 is 11.8 Å². The molecule has 0 unspecified atom stereocenters. The average Bonchev–Trinajstić information content (AvgIpc) is 3.20. The van der Waals surface area contributed by atoms with Crippen LogP contribution in [0.5, 0.6) is 17.2 Å². The zero-order valence-corrected chi connectivity index (χ0v) is 16.2. The summed E-state index contributed by atoms with van der Waals surface area (Å²) in [7, 11) is 4.50. The Labute approximate surface area is 164 Å². The molecule has 9 heteroatoms. The highest BCUT2D eigenvalue weighted by Crippen LogP contribution is 2.33. The summed E-state index contributed by atoms with van der Waals surface area (Å²) in [4.78, 5) is 12.4. The van der Waals surface area contributed by atoms with E-state index in [2.05, 4.69) is 10.2 Å². The minimum Gasteiger partial charge on any atom is -0.496 e. The number of rotatable bonds is 8. The van der Waals surface area contributed by atoms with Crippen molar-refractivity contribution in [3.63, 3.8) is 0 Å². The van der Waals surface area contributed by atoms with Crippen LogP contribution < -0.4 is 14.2 Å². The predicted octanol–water partition coefficient (Wildman–Crippen LogP) is 3.88. The second kappa shape index (κ2) is 8.75. The summed E-state index contributed by atoms with van der Waals surface area (Å²) in [6, 6.07) is 8.98. The number of carbonyl (C=O) groups excluding carboxylic acids is 1. The van der Waals surface area contributed by atoms with E-state index in [9.17, 15) is 9.18 Å². The minimum absolute atomic E-state index is 0.00657. The third-order valence-electron chi connectivity index (χ3n) is 3.83. The summed E-state index contributed by atoms with van der Waals surface area (Å²) in [5, 5.41) is 8.14. The number of ketones is 1. The molecule has 2 aromatic carbocycles. The van der Waals surface area contributed by atoms with E-state index >= 15 is 0 Å². The van der Waals surface area contributed by atoms with Gasteiger partial charge in [-0.1, -0.05) is 11.8 Å². The number of carbonyl (C=O) groups is 1. The lowest BCUT2D eigenvalue weighted by Crippen LogP contribution is -2.05. The highest BCUT2D eigenvalue weighted by atomic mass is 32.2. The van der Waals surface area contributed by atoms with Crippen LogP contribution in [0.2, 0.25) is 0 Å². The maximum atomic E-state index is 13.4. The molecule has 1 heterocycles. The fraction of sp³-hybridized carbons (Fsp3) is 0.211. The Balaban J connectivity index is 1.72. The number of Topliss-reactive ketones (excluding diaryl/α,β-unsaturated/α-hetero) is 1. The van der Waals surface area contributed by atoms with E-state index < -0.39 is 5.82 Å². The average molecular weight is 404 g/mol. The van der Waals surface area contributed by atoms with Gasteiger partial charge in [-0.25, -0.2) is 4.39 Å². The van der Waals surface area contributed by atoms with E-state index in [1.54, 1.807) is 25.3 Å². The largest absolute Gasteiger partial charge is 0.496 e. The van der Waals surface area contributed by atoms with Gasteiger partial charge in [0.15, 0.2) is 17.3 Å². The molecule has 0 radical (unpaired) electrons. The number of hydrogen-bond donors (Lipinski definition) is 0. The molecule has 0 atom stereocenters. The van der Waals surface area contributed by atoms with E-state index in [0.717, 1.165) is 17.8 Å². The molecule has 146 valence electrons. The third kappa shape index (κ3) is 4.25. The van der Waals surface area contributed by atoms with Crippen molar-refractivity contribution in [2.75, 3.05) is 27.1 Å². The number of ether oxygens (including phenoxy) is 3. The highest BCUT2D eigenvalue weighted by molar-refractivity contribution is 7.99. The molecule has 0 spiro atoms. The maximum Gasteiger partial charge on any atom is 0.277 e. The Morgan fingerprint density at radius 2 is 1.71 bits per heavy atom. The van der Waals surface area contributed by atoms with Gasteiger partial charge < -0.3 is 18.6 Å². The van der Waals surface area contributed by atoms with Gasteiger partial charge in [-0.3, -0.25) is 4.79 Å². The molecule has 3 aromatic rings. The van der Waals surface area contributed by atoms with Crippen LogP contribution in [0.3, 0.4) is 0 Å². The van der Waals surface area contributed by atoms with Crippen molar-refractivity contribution in [2.45, 2.75) is 5.22 Å². The lowest BCUT2D eigenvalue weighted by Gasteiger charge is -2.07. The second-order valence-electron chi connectivity index (χ2n) is 5.50. The predicted molar refractivity (Wildman–Crippen MR) is 101 cm³/mol. The van der Waals surface area contributed by atoms with Crippen molar-refractivity contribution in [3.05, 3.63) is 47.8 Å². The molecule has 0 aliphatic carbocycles. The molecule has 0 aliphatic heterocycles. The van der Waals surface area contributed by atoms with Gasteiger partial charge in [0.05, 0.1) is 32.6 Å². The fourth-order valence-electron chi connectivity index (χ4n) is 2.46. The van der Waals surface area contributed by atoms with Gasteiger partial charge in [-0.05, 0) is 36.4 Å². The van der Waals surface area contributed by atoms with Crippen molar-refractivity contribution in [1.29, 1.82) is 0 Å². The fourth-order valence-corrected chi connectivity index (χ4v) is 3.10. The number of aromatic nitrogens is 2. The van der Waals surface area contributed by atoms with E-state index in [1.807, 2.05) is 0 Å². The Hall–Kier alpha value is -3.07. The van der Waals surface area contributed by atoms with Gasteiger partial charge in [0.2, 0.25) is 5.89 Å². The van der Waals surface area contributed by atoms with Gasteiger partial charge in [0.1, 0.15) is 11.6 Å². The number of methoxy groups -OCH3 is 3. The first-order valence-electron chi connectivity index (χ1n) is 8.11. The quantitative estimate of drug-likeness (QED) is 0.413. The van der Waals surface area contributed by atoms with Crippen molar-refractivity contribution in [2.24, 2.45) is 0 Å². The molecule has 0 amide bonds. The molecule has 1 aromatic heterocycles. The van der Waals surface area contributed by atoms with E-state index in [0.29, 0.717) is 22.8 Å². The summed E-state index contributed by atoms with van der Waals surface area (Å²) in [6.07, 6.45) is 0. The van der Waals surface area contributed by atoms with Crippen LogP contribution in [0.25, 0.3) is 11.5 Å². The summed E-state index contributed by atoms with van der Waals surface area (Å²) < 4.78 is 34.6. The molecule has 7 nitrogen and oxygen atoms in total. The number of benzene rings is 2. The normalized spacial score (nSPS) is 10.6. The van der Waals surface area contributed by atoms with Crippen molar-refractivity contribution >= 4 is 17.5 Å². The molecule has 0 N–H and O–H groups in total. The van der Waals surface area contributed by atoms with Crippen LogP contribution in [0.1, 0.15) is 10.4 Å². The van der Waals surface area contributed by atoms with Gasteiger partial charge >= 0.3 is 0 Å². The molecule has 0 saturated carbocycles. The third-order valence-corrected chi connectivity index (χ3v) is 4.64.